The second-order valence-corrected chi connectivity index (χ2v) is 5.75. The van der Waals surface area contributed by atoms with E-state index >= 15 is 0 Å². The summed E-state index contributed by atoms with van der Waals surface area (Å²) in [6, 6.07) is 0. The zero-order valence-electron chi connectivity index (χ0n) is 7.26. The van der Waals surface area contributed by atoms with Crippen molar-refractivity contribution in [1.29, 1.82) is 0 Å². The fourth-order valence-electron chi connectivity index (χ4n) is 0.215. The average molecular weight is 266 g/mol. The molecule has 0 saturated carbocycles. The van der Waals surface area contributed by atoms with Crippen LogP contribution in [-0.2, 0) is 0 Å². The number of alkyl halides is 1. The summed E-state index contributed by atoms with van der Waals surface area (Å²) in [6.07, 6.45) is 6.34. The Morgan fingerprint density at radius 3 is 2.18 bits per heavy atom. The van der Waals surface area contributed by atoms with Gasteiger partial charge in [-0.15, -0.1) is 0 Å². The Hall–Kier alpha value is -0.0600. The lowest BCUT2D eigenvalue weighted by molar-refractivity contribution is 0.719. The van der Waals surface area contributed by atoms with E-state index in [4.69, 9.17) is 0 Å². The number of hydrogen-bond acceptors (Lipinski definition) is 1. The standard InChI is InChI=1S/C5H11I.C3H4N2/c1-4-5(2,3)6;1-2-5-3-4-1/h4H2,1-3H3;1-3H,(H,4,5). The van der Waals surface area contributed by atoms with Crippen molar-refractivity contribution in [1.82, 2.24) is 9.97 Å². The van der Waals surface area contributed by atoms with Gasteiger partial charge in [0.15, 0.2) is 0 Å². The highest BCUT2D eigenvalue weighted by molar-refractivity contribution is 14.1. The maximum Gasteiger partial charge on any atom is 0.0919 e. The van der Waals surface area contributed by atoms with Crippen molar-refractivity contribution in [3.8, 4) is 0 Å². The fraction of sp³-hybridized carbons (Fsp3) is 0.625. The van der Waals surface area contributed by atoms with Gasteiger partial charge in [0.25, 0.3) is 0 Å². The summed E-state index contributed by atoms with van der Waals surface area (Å²) >= 11 is 2.44. The molecule has 11 heavy (non-hydrogen) atoms. The zero-order chi connectivity index (χ0) is 8.74. The smallest absolute Gasteiger partial charge is 0.0919 e. The Bertz CT molecular complexity index is 136. The van der Waals surface area contributed by atoms with Crippen molar-refractivity contribution >= 4 is 22.6 Å². The molecule has 1 aromatic heterocycles. The van der Waals surface area contributed by atoms with E-state index in [0.717, 1.165) is 0 Å². The number of halogens is 1. The Kier molecular flexibility index (Phi) is 5.54. The molecule has 64 valence electrons. The van der Waals surface area contributed by atoms with Crippen LogP contribution in [0.3, 0.4) is 0 Å². The quantitative estimate of drug-likeness (QED) is 0.614. The van der Waals surface area contributed by atoms with Gasteiger partial charge >= 0.3 is 0 Å². The van der Waals surface area contributed by atoms with Gasteiger partial charge in [-0.3, -0.25) is 0 Å². The van der Waals surface area contributed by atoms with E-state index in [0.29, 0.717) is 3.42 Å². The van der Waals surface area contributed by atoms with Crippen LogP contribution < -0.4 is 0 Å². The lowest BCUT2D eigenvalue weighted by Gasteiger charge is -2.10. The summed E-state index contributed by atoms with van der Waals surface area (Å²) in [5.74, 6) is 0. The van der Waals surface area contributed by atoms with Crippen LogP contribution >= 0.6 is 22.6 Å². The summed E-state index contributed by atoms with van der Waals surface area (Å²) < 4.78 is 0.512. The number of nitrogens with zero attached hydrogens (tertiary/aromatic N) is 1. The molecule has 1 aromatic rings. The summed E-state index contributed by atoms with van der Waals surface area (Å²) in [6.45, 7) is 6.66. The Labute approximate surface area is 82.0 Å². The van der Waals surface area contributed by atoms with Gasteiger partial charge in [0.1, 0.15) is 0 Å². The number of nitrogens with one attached hydrogen (secondary N) is 1. The first kappa shape index (κ1) is 10.9. The first-order valence-corrected chi connectivity index (χ1v) is 4.76. The maximum absolute atomic E-state index is 3.67. The molecular weight excluding hydrogens is 251 g/mol. The van der Waals surface area contributed by atoms with Crippen LogP contribution in [0.2, 0.25) is 0 Å². The molecule has 0 aliphatic heterocycles. The van der Waals surface area contributed by atoms with Crippen molar-refractivity contribution in [3.05, 3.63) is 18.7 Å². The van der Waals surface area contributed by atoms with E-state index < -0.39 is 0 Å². The predicted molar refractivity (Wildman–Crippen MR) is 57.0 cm³/mol. The second kappa shape index (κ2) is 5.57. The van der Waals surface area contributed by atoms with Gasteiger partial charge in [0, 0.05) is 15.8 Å². The molecule has 2 nitrogen and oxygen atoms in total. The van der Waals surface area contributed by atoms with E-state index in [-0.39, 0.29) is 0 Å². The van der Waals surface area contributed by atoms with Crippen LogP contribution in [0.25, 0.3) is 0 Å². The van der Waals surface area contributed by atoms with Gasteiger partial charge in [-0.2, -0.15) is 0 Å². The van der Waals surface area contributed by atoms with Gasteiger partial charge in [-0.25, -0.2) is 4.98 Å². The van der Waals surface area contributed by atoms with Crippen LogP contribution in [0, 0.1) is 0 Å². The highest BCUT2D eigenvalue weighted by Crippen LogP contribution is 2.19. The Morgan fingerprint density at radius 1 is 1.55 bits per heavy atom. The lowest BCUT2D eigenvalue weighted by Crippen LogP contribution is -2.04. The maximum atomic E-state index is 3.67. The van der Waals surface area contributed by atoms with Crippen LogP contribution in [0.4, 0.5) is 0 Å². The number of rotatable bonds is 1. The fourth-order valence-corrected chi connectivity index (χ4v) is 0.215. The number of H-pyrrole nitrogens is 1. The lowest BCUT2D eigenvalue weighted by atomic mass is 10.2. The Morgan fingerprint density at radius 2 is 2.09 bits per heavy atom. The van der Waals surface area contributed by atoms with Gasteiger partial charge < -0.3 is 4.98 Å². The molecule has 0 aliphatic carbocycles. The largest absolute Gasteiger partial charge is 0.351 e. The molecule has 0 bridgehead atoms. The molecule has 0 fully saturated rings. The molecule has 1 rings (SSSR count). The van der Waals surface area contributed by atoms with Crippen LogP contribution in [-0.4, -0.2) is 13.4 Å². The van der Waals surface area contributed by atoms with Gasteiger partial charge in [-0.1, -0.05) is 43.4 Å². The summed E-state index contributed by atoms with van der Waals surface area (Å²) in [4.78, 5) is 6.42. The zero-order valence-corrected chi connectivity index (χ0v) is 9.42. The minimum atomic E-state index is 0.512. The minimum absolute atomic E-state index is 0.512. The summed E-state index contributed by atoms with van der Waals surface area (Å²) in [7, 11) is 0. The molecule has 1 N–H and O–H groups in total. The van der Waals surface area contributed by atoms with Crippen molar-refractivity contribution < 1.29 is 0 Å². The van der Waals surface area contributed by atoms with Crippen LogP contribution in [0.15, 0.2) is 18.7 Å². The molecule has 1 heterocycles. The van der Waals surface area contributed by atoms with E-state index in [1.807, 2.05) is 0 Å². The summed E-state index contributed by atoms with van der Waals surface area (Å²) in [5.41, 5.74) is 0. The molecule has 0 amide bonds. The highest BCUT2D eigenvalue weighted by Gasteiger charge is 2.05. The van der Waals surface area contributed by atoms with Crippen molar-refractivity contribution in [2.45, 2.75) is 30.6 Å². The molecule has 3 heteroatoms. The molecule has 0 atom stereocenters. The highest BCUT2D eigenvalue weighted by atomic mass is 127. The topological polar surface area (TPSA) is 28.7 Å². The predicted octanol–water partition coefficient (Wildman–Crippen LogP) is 3.02. The molecular formula is C8H15IN2. The number of imidazole rings is 1. The molecule has 0 spiro atoms. The first-order valence-electron chi connectivity index (χ1n) is 3.68. The third-order valence-corrected chi connectivity index (χ3v) is 2.01. The average Bonchev–Trinajstić information content (AvgIpc) is 2.41. The van der Waals surface area contributed by atoms with Crippen LogP contribution in [0.5, 0.6) is 0 Å². The van der Waals surface area contributed by atoms with Gasteiger partial charge in [-0.05, 0) is 6.42 Å². The second-order valence-electron chi connectivity index (χ2n) is 2.83. The first-order chi connectivity index (χ1) is 5.06. The SMILES string of the molecule is CCC(C)(C)I.c1c[nH]cn1. The van der Waals surface area contributed by atoms with E-state index in [1.54, 1.807) is 18.7 Å². The number of aromatic amines is 1. The number of aromatic nitrogens is 2. The van der Waals surface area contributed by atoms with Crippen molar-refractivity contribution in [2.75, 3.05) is 0 Å². The third kappa shape index (κ3) is 9.94. The van der Waals surface area contributed by atoms with E-state index in [2.05, 4.69) is 53.3 Å². The third-order valence-electron chi connectivity index (χ3n) is 1.25. The Balaban J connectivity index is 0.000000183. The molecule has 0 radical (unpaired) electrons. The molecule has 0 aliphatic rings. The minimum Gasteiger partial charge on any atom is -0.351 e. The number of hydrogen-bond donors (Lipinski definition) is 1. The molecule has 0 saturated heterocycles. The van der Waals surface area contributed by atoms with Crippen LogP contribution in [0.1, 0.15) is 27.2 Å². The monoisotopic (exact) mass is 266 g/mol. The normalized spacial score (nSPS) is 10.2. The van der Waals surface area contributed by atoms with Crippen molar-refractivity contribution in [3.63, 3.8) is 0 Å². The van der Waals surface area contributed by atoms with E-state index in [1.165, 1.54) is 6.42 Å². The summed E-state index contributed by atoms with van der Waals surface area (Å²) in [5, 5.41) is 0. The molecule has 0 unspecified atom stereocenters. The molecule has 0 aromatic carbocycles. The van der Waals surface area contributed by atoms with E-state index in [9.17, 15) is 0 Å². The van der Waals surface area contributed by atoms with Gasteiger partial charge in [0.05, 0.1) is 6.33 Å². The van der Waals surface area contributed by atoms with Crippen molar-refractivity contribution in [2.24, 2.45) is 0 Å². The van der Waals surface area contributed by atoms with Gasteiger partial charge in [0.2, 0.25) is 0 Å².